The first-order chi connectivity index (χ1) is 27.2. The molecule has 0 spiro atoms. The monoisotopic (exact) mass is 722 g/mol. The Morgan fingerprint density at radius 3 is 1.82 bits per heavy atom. The Morgan fingerprint density at radius 1 is 0.482 bits per heavy atom. The second kappa shape index (κ2) is 12.2. The Hall–Kier alpha value is -6.12. The highest BCUT2D eigenvalue weighted by Crippen LogP contribution is 2.49. The fourth-order valence-corrected chi connectivity index (χ4v) is 10.2. The summed E-state index contributed by atoms with van der Waals surface area (Å²) in [7, 11) is 0. The second-order valence-electron chi connectivity index (χ2n) is 17.5. The van der Waals surface area contributed by atoms with Crippen LogP contribution in [0.1, 0.15) is 70.1 Å². The number of aromatic nitrogens is 2. The standard InChI is InChI=1S/C54H46N2/c1-53(2)29-30-54(3,4)52-42(19-12-20-47(52)53)39-15-11-16-40(32-39)55-48-21-9-7-17-43(48)45-33-37(24-27-50(45)55)38-25-28-51-46(34-38)44-18-8-10-22-49(44)56(51)41-26-23-35-13-5-6-14-36(35)31-41/h5-10,12-14,16-28,31-34H,11,15,29-30H2,1-4H3. The van der Waals surface area contributed by atoms with Crippen LogP contribution in [0.3, 0.4) is 0 Å². The molecule has 0 bridgehead atoms. The predicted octanol–water partition coefficient (Wildman–Crippen LogP) is 14.8. The molecule has 0 atom stereocenters. The number of rotatable bonds is 4. The van der Waals surface area contributed by atoms with E-state index in [1.165, 1.54) is 106 Å². The van der Waals surface area contributed by atoms with Crippen LogP contribution in [0.25, 0.3) is 82.5 Å². The zero-order valence-corrected chi connectivity index (χ0v) is 32.7. The van der Waals surface area contributed by atoms with E-state index in [-0.39, 0.29) is 10.8 Å². The third-order valence-corrected chi connectivity index (χ3v) is 13.2. The summed E-state index contributed by atoms with van der Waals surface area (Å²) in [5, 5.41) is 7.64. The van der Waals surface area contributed by atoms with Crippen LogP contribution in [0.15, 0.2) is 158 Å². The van der Waals surface area contributed by atoms with Gasteiger partial charge in [0.1, 0.15) is 0 Å². The lowest BCUT2D eigenvalue weighted by molar-refractivity contribution is 0.331. The summed E-state index contributed by atoms with van der Waals surface area (Å²) >= 11 is 0. The van der Waals surface area contributed by atoms with Gasteiger partial charge in [-0.25, -0.2) is 0 Å². The lowest BCUT2D eigenvalue weighted by Crippen LogP contribution is -2.34. The number of nitrogens with zero attached hydrogens (tertiary/aromatic N) is 2. The molecule has 0 amide bonds. The molecule has 2 heteroatoms. The summed E-state index contributed by atoms with van der Waals surface area (Å²) in [6.07, 6.45) is 9.50. The Bertz CT molecular complexity index is 3140. The van der Waals surface area contributed by atoms with E-state index in [0.717, 1.165) is 12.8 Å². The molecule has 0 fully saturated rings. The molecule has 11 rings (SSSR count). The third-order valence-electron chi connectivity index (χ3n) is 13.2. The van der Waals surface area contributed by atoms with Crippen molar-refractivity contribution < 1.29 is 0 Å². The fraction of sp³-hybridized carbons (Fsp3) is 0.185. The number of para-hydroxylation sites is 2. The molecule has 0 N–H and O–H groups in total. The van der Waals surface area contributed by atoms with E-state index in [9.17, 15) is 0 Å². The first-order valence-corrected chi connectivity index (χ1v) is 20.4. The van der Waals surface area contributed by atoms with Crippen molar-refractivity contribution in [3.63, 3.8) is 0 Å². The molecule has 272 valence electrons. The van der Waals surface area contributed by atoms with Crippen LogP contribution in [0.5, 0.6) is 0 Å². The van der Waals surface area contributed by atoms with Crippen molar-refractivity contribution in [2.45, 2.75) is 64.2 Å². The van der Waals surface area contributed by atoms with Crippen molar-refractivity contribution in [3.8, 4) is 16.8 Å². The van der Waals surface area contributed by atoms with Crippen molar-refractivity contribution in [2.24, 2.45) is 0 Å². The molecular formula is C54H46N2. The van der Waals surface area contributed by atoms with Gasteiger partial charge in [0, 0.05) is 32.9 Å². The molecule has 2 heterocycles. The van der Waals surface area contributed by atoms with E-state index in [4.69, 9.17) is 0 Å². The summed E-state index contributed by atoms with van der Waals surface area (Å²) in [4.78, 5) is 0. The minimum Gasteiger partial charge on any atom is -0.310 e. The zero-order valence-electron chi connectivity index (χ0n) is 32.7. The largest absolute Gasteiger partial charge is 0.310 e. The van der Waals surface area contributed by atoms with Crippen molar-refractivity contribution >= 4 is 65.7 Å². The molecule has 0 saturated heterocycles. The second-order valence-corrected chi connectivity index (χ2v) is 17.5. The van der Waals surface area contributed by atoms with E-state index in [0.29, 0.717) is 0 Å². The van der Waals surface area contributed by atoms with Crippen LogP contribution >= 0.6 is 0 Å². The predicted molar refractivity (Wildman–Crippen MR) is 240 cm³/mol. The van der Waals surface area contributed by atoms with Crippen molar-refractivity contribution in [2.75, 3.05) is 0 Å². The average molecular weight is 723 g/mol. The molecule has 0 unspecified atom stereocenters. The van der Waals surface area contributed by atoms with Gasteiger partial charge < -0.3 is 9.13 Å². The molecule has 0 radical (unpaired) electrons. The molecule has 0 aliphatic heterocycles. The molecule has 2 aromatic heterocycles. The molecule has 56 heavy (non-hydrogen) atoms. The highest BCUT2D eigenvalue weighted by molar-refractivity contribution is 6.13. The van der Waals surface area contributed by atoms with Crippen LogP contribution in [0.2, 0.25) is 0 Å². The van der Waals surface area contributed by atoms with E-state index in [2.05, 4.69) is 195 Å². The van der Waals surface area contributed by atoms with Gasteiger partial charge in [-0.2, -0.15) is 0 Å². The van der Waals surface area contributed by atoms with E-state index in [1.54, 1.807) is 5.56 Å². The van der Waals surface area contributed by atoms with Crippen LogP contribution < -0.4 is 0 Å². The molecule has 0 saturated carbocycles. The van der Waals surface area contributed by atoms with Gasteiger partial charge in [0.25, 0.3) is 0 Å². The number of fused-ring (bicyclic) bond motifs is 8. The summed E-state index contributed by atoms with van der Waals surface area (Å²) in [6.45, 7) is 9.77. The summed E-state index contributed by atoms with van der Waals surface area (Å²) in [5.74, 6) is 0. The van der Waals surface area contributed by atoms with Crippen LogP contribution in [0.4, 0.5) is 0 Å². The van der Waals surface area contributed by atoms with Crippen LogP contribution in [-0.2, 0) is 10.8 Å². The fourth-order valence-electron chi connectivity index (χ4n) is 10.2. The van der Waals surface area contributed by atoms with Gasteiger partial charge >= 0.3 is 0 Å². The van der Waals surface area contributed by atoms with E-state index >= 15 is 0 Å². The molecule has 2 aliphatic rings. The van der Waals surface area contributed by atoms with Gasteiger partial charge in [0.15, 0.2) is 0 Å². The molecular weight excluding hydrogens is 677 g/mol. The maximum atomic E-state index is 2.51. The van der Waals surface area contributed by atoms with E-state index < -0.39 is 0 Å². The topological polar surface area (TPSA) is 9.86 Å². The number of hydrogen-bond acceptors (Lipinski definition) is 0. The third kappa shape index (κ3) is 5.01. The Kier molecular flexibility index (Phi) is 7.23. The van der Waals surface area contributed by atoms with Crippen LogP contribution in [-0.4, -0.2) is 9.13 Å². The lowest BCUT2D eigenvalue weighted by atomic mass is 9.61. The number of allylic oxidation sites excluding steroid dienone is 4. The van der Waals surface area contributed by atoms with Crippen molar-refractivity contribution in [3.05, 3.63) is 174 Å². The summed E-state index contributed by atoms with van der Waals surface area (Å²) < 4.78 is 4.93. The van der Waals surface area contributed by atoms with Gasteiger partial charge in [0.05, 0.1) is 22.1 Å². The first kappa shape index (κ1) is 33.2. The van der Waals surface area contributed by atoms with Crippen LogP contribution in [0, 0.1) is 0 Å². The highest BCUT2D eigenvalue weighted by atomic mass is 15.0. The Morgan fingerprint density at radius 2 is 1.09 bits per heavy atom. The number of hydrogen-bond donors (Lipinski definition) is 0. The quantitative estimate of drug-likeness (QED) is 0.171. The lowest BCUT2D eigenvalue weighted by Gasteiger charge is -2.43. The smallest absolute Gasteiger partial charge is 0.0541 e. The van der Waals surface area contributed by atoms with Gasteiger partial charge in [-0.3, -0.25) is 0 Å². The summed E-state index contributed by atoms with van der Waals surface area (Å²) in [6, 6.07) is 54.4. The van der Waals surface area contributed by atoms with Gasteiger partial charge in [-0.05, 0) is 135 Å². The normalized spacial score (nSPS) is 16.4. The van der Waals surface area contributed by atoms with Crippen molar-refractivity contribution in [1.82, 2.24) is 9.13 Å². The minimum absolute atomic E-state index is 0.154. The van der Waals surface area contributed by atoms with Gasteiger partial charge in [-0.1, -0.05) is 131 Å². The molecule has 2 nitrogen and oxygen atoms in total. The maximum Gasteiger partial charge on any atom is 0.0541 e. The molecule has 7 aromatic carbocycles. The Labute approximate surface area is 329 Å². The zero-order chi connectivity index (χ0) is 37.8. The number of benzene rings is 7. The van der Waals surface area contributed by atoms with Gasteiger partial charge in [-0.15, -0.1) is 0 Å². The van der Waals surface area contributed by atoms with Gasteiger partial charge in [0.2, 0.25) is 0 Å². The Balaban J connectivity index is 1.04. The average Bonchev–Trinajstić information content (AvgIpc) is 3.74. The van der Waals surface area contributed by atoms with E-state index in [1.807, 2.05) is 0 Å². The van der Waals surface area contributed by atoms with Crippen molar-refractivity contribution in [1.29, 1.82) is 0 Å². The maximum absolute atomic E-state index is 2.51. The highest BCUT2D eigenvalue weighted by Gasteiger charge is 2.39. The summed E-state index contributed by atoms with van der Waals surface area (Å²) in [5.41, 5.74) is 16.2. The molecule has 9 aromatic rings. The minimum atomic E-state index is 0.154. The SMILES string of the molecule is CC1(C)CCC(C)(C)c2c(C3=CC(n4c5ccccc5c5cc(-c6ccc7c(c6)c6ccccc6n7-c6ccc7ccccc7c6)ccc54)=CCC3)cccc21. The molecule has 2 aliphatic carbocycles. The first-order valence-electron chi connectivity index (χ1n) is 20.4.